The van der Waals surface area contributed by atoms with Gasteiger partial charge in [-0.2, -0.15) is 15.3 Å². The summed E-state index contributed by atoms with van der Waals surface area (Å²) in [6.45, 7) is 3.83. The van der Waals surface area contributed by atoms with Crippen LogP contribution in [0.25, 0.3) is 22.4 Å². The van der Waals surface area contributed by atoms with E-state index in [2.05, 4.69) is 36.3 Å². The molecule has 3 aromatic rings. The van der Waals surface area contributed by atoms with E-state index in [4.69, 9.17) is 5.73 Å². The fraction of sp³-hybridized carbons (Fsp3) is 0.133. The van der Waals surface area contributed by atoms with Gasteiger partial charge in [-0.3, -0.25) is 5.10 Å². The monoisotopic (exact) mass is 343 g/mol. The Bertz CT molecular complexity index is 810. The summed E-state index contributed by atoms with van der Waals surface area (Å²) in [5.74, 6) is 0.469. The zero-order valence-electron chi connectivity index (χ0n) is 11.7. The molecule has 0 saturated carbocycles. The summed E-state index contributed by atoms with van der Waals surface area (Å²) in [6.07, 6.45) is 0. The van der Waals surface area contributed by atoms with Crippen LogP contribution in [0.1, 0.15) is 11.4 Å². The number of nitrogens with two attached hydrogens (primary N) is 1. The van der Waals surface area contributed by atoms with E-state index in [0.29, 0.717) is 5.82 Å². The number of rotatable bonds is 2. The molecule has 1 aromatic carbocycles. The van der Waals surface area contributed by atoms with Gasteiger partial charge < -0.3 is 5.73 Å². The van der Waals surface area contributed by atoms with Crippen molar-refractivity contribution in [3.63, 3.8) is 0 Å². The van der Waals surface area contributed by atoms with E-state index in [1.54, 1.807) is 0 Å². The second kappa shape index (κ2) is 5.29. The topological polar surface area (TPSA) is 80.5 Å². The molecule has 0 unspecified atom stereocenters. The van der Waals surface area contributed by atoms with Gasteiger partial charge in [-0.1, -0.05) is 28.1 Å². The number of aromatic nitrogens is 4. The van der Waals surface area contributed by atoms with Gasteiger partial charge in [0.1, 0.15) is 0 Å². The van der Waals surface area contributed by atoms with Crippen molar-refractivity contribution < 1.29 is 0 Å². The Hall–Kier alpha value is -2.21. The Morgan fingerprint density at radius 1 is 1.14 bits per heavy atom. The Morgan fingerprint density at radius 2 is 1.95 bits per heavy atom. The van der Waals surface area contributed by atoms with Crippen molar-refractivity contribution in [2.75, 3.05) is 5.73 Å². The summed E-state index contributed by atoms with van der Waals surface area (Å²) in [5.41, 5.74) is 11.4. The molecule has 0 amide bonds. The maximum absolute atomic E-state index is 6.06. The van der Waals surface area contributed by atoms with E-state index in [9.17, 15) is 0 Å². The Labute approximate surface area is 130 Å². The van der Waals surface area contributed by atoms with Crippen LogP contribution < -0.4 is 5.73 Å². The van der Waals surface area contributed by atoms with Gasteiger partial charge in [0.05, 0.1) is 22.6 Å². The van der Waals surface area contributed by atoms with Crippen molar-refractivity contribution in [1.29, 1.82) is 0 Å². The van der Waals surface area contributed by atoms with Gasteiger partial charge in [-0.15, -0.1) is 0 Å². The fourth-order valence-electron chi connectivity index (χ4n) is 2.29. The standard InChI is InChI=1S/C15H14BrN5/c1-8-6-12(9(2)19-18-8)14-13(15(17)21-20-14)10-4-3-5-11(16)7-10/h3-7H,1-2H3,(H3,17,20,21). The van der Waals surface area contributed by atoms with Gasteiger partial charge in [0.25, 0.3) is 0 Å². The molecule has 2 heterocycles. The van der Waals surface area contributed by atoms with Crippen LogP contribution in [0.4, 0.5) is 5.82 Å². The fourth-order valence-corrected chi connectivity index (χ4v) is 2.69. The minimum absolute atomic E-state index is 0.469. The largest absolute Gasteiger partial charge is 0.382 e. The van der Waals surface area contributed by atoms with Crippen LogP contribution in [-0.4, -0.2) is 20.4 Å². The third-order valence-corrected chi connectivity index (χ3v) is 3.77. The molecule has 3 rings (SSSR count). The first-order chi connectivity index (χ1) is 10.1. The predicted octanol–water partition coefficient (Wildman–Crippen LogP) is 3.50. The second-order valence-electron chi connectivity index (χ2n) is 4.85. The number of H-pyrrole nitrogens is 1. The molecular weight excluding hydrogens is 330 g/mol. The van der Waals surface area contributed by atoms with Crippen molar-refractivity contribution >= 4 is 21.7 Å². The molecule has 0 aliphatic rings. The number of nitrogens with zero attached hydrogens (tertiary/aromatic N) is 3. The molecule has 6 heteroatoms. The van der Waals surface area contributed by atoms with Crippen LogP contribution in [0.3, 0.4) is 0 Å². The van der Waals surface area contributed by atoms with Crippen LogP contribution in [0.5, 0.6) is 0 Å². The van der Waals surface area contributed by atoms with Gasteiger partial charge >= 0.3 is 0 Å². The third kappa shape index (κ3) is 2.54. The van der Waals surface area contributed by atoms with E-state index in [1.165, 1.54) is 0 Å². The van der Waals surface area contributed by atoms with E-state index in [-0.39, 0.29) is 0 Å². The number of hydrogen-bond donors (Lipinski definition) is 2. The van der Waals surface area contributed by atoms with Crippen molar-refractivity contribution in [3.8, 4) is 22.4 Å². The summed E-state index contributed by atoms with van der Waals surface area (Å²) in [7, 11) is 0. The van der Waals surface area contributed by atoms with Crippen molar-refractivity contribution in [2.45, 2.75) is 13.8 Å². The average molecular weight is 344 g/mol. The van der Waals surface area contributed by atoms with Gasteiger partial charge in [-0.05, 0) is 37.6 Å². The number of aromatic amines is 1. The Balaban J connectivity index is 2.24. The number of aryl methyl sites for hydroxylation is 2. The molecule has 0 radical (unpaired) electrons. The molecule has 5 nitrogen and oxygen atoms in total. The van der Waals surface area contributed by atoms with Crippen molar-refractivity contribution in [3.05, 3.63) is 46.2 Å². The normalized spacial score (nSPS) is 10.8. The lowest BCUT2D eigenvalue weighted by Crippen LogP contribution is -1.95. The zero-order chi connectivity index (χ0) is 15.0. The number of nitrogens with one attached hydrogen (secondary N) is 1. The SMILES string of the molecule is Cc1cc(-c2[nH]nc(N)c2-c2cccc(Br)c2)c(C)nn1. The average Bonchev–Trinajstić information content (AvgIpc) is 2.83. The summed E-state index contributed by atoms with van der Waals surface area (Å²) >= 11 is 3.49. The Kier molecular flexibility index (Phi) is 3.47. The molecule has 0 bridgehead atoms. The number of anilines is 1. The van der Waals surface area contributed by atoms with Gasteiger partial charge in [0, 0.05) is 10.0 Å². The van der Waals surface area contributed by atoms with Gasteiger partial charge in [0.15, 0.2) is 5.82 Å². The molecule has 2 aromatic heterocycles. The molecule has 0 aliphatic heterocycles. The maximum atomic E-state index is 6.06. The lowest BCUT2D eigenvalue weighted by Gasteiger charge is -2.07. The predicted molar refractivity (Wildman–Crippen MR) is 86.6 cm³/mol. The molecule has 106 valence electrons. The first-order valence-corrected chi connectivity index (χ1v) is 7.26. The first-order valence-electron chi connectivity index (χ1n) is 6.47. The first kappa shape index (κ1) is 13.8. The Morgan fingerprint density at radius 3 is 2.71 bits per heavy atom. The highest BCUT2D eigenvalue weighted by atomic mass is 79.9. The minimum Gasteiger partial charge on any atom is -0.382 e. The number of benzene rings is 1. The molecule has 0 atom stereocenters. The lowest BCUT2D eigenvalue weighted by molar-refractivity contribution is 0.940. The highest BCUT2D eigenvalue weighted by Gasteiger charge is 2.17. The van der Waals surface area contributed by atoms with E-state index in [1.807, 2.05) is 44.2 Å². The summed E-state index contributed by atoms with van der Waals surface area (Å²) in [6, 6.07) is 9.95. The van der Waals surface area contributed by atoms with E-state index < -0.39 is 0 Å². The van der Waals surface area contributed by atoms with Crippen molar-refractivity contribution in [1.82, 2.24) is 20.4 Å². The van der Waals surface area contributed by atoms with Crippen molar-refractivity contribution in [2.24, 2.45) is 0 Å². The van der Waals surface area contributed by atoms with Gasteiger partial charge in [-0.25, -0.2) is 0 Å². The smallest absolute Gasteiger partial charge is 0.153 e. The van der Waals surface area contributed by atoms with E-state index in [0.717, 1.165) is 38.2 Å². The highest BCUT2D eigenvalue weighted by Crippen LogP contribution is 2.36. The summed E-state index contributed by atoms with van der Waals surface area (Å²) < 4.78 is 0.993. The molecular formula is C15H14BrN5. The maximum Gasteiger partial charge on any atom is 0.153 e. The zero-order valence-corrected chi connectivity index (χ0v) is 13.3. The van der Waals surface area contributed by atoms with Crippen LogP contribution in [0.15, 0.2) is 34.8 Å². The number of halogens is 1. The highest BCUT2D eigenvalue weighted by molar-refractivity contribution is 9.10. The quantitative estimate of drug-likeness (QED) is 0.746. The van der Waals surface area contributed by atoms with E-state index >= 15 is 0 Å². The second-order valence-corrected chi connectivity index (χ2v) is 5.77. The lowest BCUT2D eigenvalue weighted by atomic mass is 10.00. The molecule has 0 saturated heterocycles. The number of nitrogen functional groups attached to an aromatic ring is 1. The molecule has 0 spiro atoms. The number of hydrogen-bond acceptors (Lipinski definition) is 4. The molecule has 21 heavy (non-hydrogen) atoms. The minimum atomic E-state index is 0.469. The van der Waals surface area contributed by atoms with Crippen LogP contribution in [-0.2, 0) is 0 Å². The van der Waals surface area contributed by atoms with Crippen LogP contribution in [0.2, 0.25) is 0 Å². The van der Waals surface area contributed by atoms with Crippen LogP contribution >= 0.6 is 15.9 Å². The van der Waals surface area contributed by atoms with Crippen LogP contribution in [0, 0.1) is 13.8 Å². The summed E-state index contributed by atoms with van der Waals surface area (Å²) in [5, 5.41) is 15.4. The molecule has 0 aliphatic carbocycles. The summed E-state index contributed by atoms with van der Waals surface area (Å²) in [4.78, 5) is 0. The molecule has 0 fully saturated rings. The molecule has 3 N–H and O–H groups in total. The third-order valence-electron chi connectivity index (χ3n) is 3.28. The van der Waals surface area contributed by atoms with Gasteiger partial charge in [0.2, 0.25) is 0 Å².